The van der Waals surface area contributed by atoms with E-state index >= 15 is 0 Å². The minimum absolute atomic E-state index is 0.906. The van der Waals surface area contributed by atoms with Crippen LogP contribution in [-0.4, -0.2) is 15.0 Å². The number of nitrogens with zero attached hydrogens (tertiary/aromatic N) is 2. The smallest absolute Gasteiger partial charge is 0.0977 e. The van der Waals surface area contributed by atoms with Crippen LogP contribution in [0.3, 0.4) is 0 Å². The lowest BCUT2D eigenvalue weighted by Crippen LogP contribution is -1.86. The summed E-state index contributed by atoms with van der Waals surface area (Å²) in [6.45, 7) is 0. The predicted octanol–water partition coefficient (Wildman–Crippen LogP) is 3.14. The van der Waals surface area contributed by atoms with Crippen LogP contribution in [0.5, 0.6) is 0 Å². The number of hydrogen-bond donors (Lipinski definition) is 1. The highest BCUT2D eigenvalue weighted by molar-refractivity contribution is 5.75. The Morgan fingerprint density at radius 2 is 1.65 bits per heavy atom. The van der Waals surface area contributed by atoms with Gasteiger partial charge in [-0.3, -0.25) is 4.98 Å². The van der Waals surface area contributed by atoms with Gasteiger partial charge in [0.05, 0.1) is 23.4 Å². The molecular formula is C14H11N3. The van der Waals surface area contributed by atoms with Gasteiger partial charge in [-0.1, -0.05) is 36.4 Å². The molecule has 0 saturated carbocycles. The molecule has 2 heterocycles. The molecule has 3 nitrogen and oxygen atoms in total. The van der Waals surface area contributed by atoms with Gasteiger partial charge in [-0.2, -0.15) is 0 Å². The Morgan fingerprint density at radius 3 is 2.41 bits per heavy atom. The van der Waals surface area contributed by atoms with E-state index in [0.29, 0.717) is 0 Å². The molecule has 1 aromatic carbocycles. The van der Waals surface area contributed by atoms with Crippen LogP contribution in [0.1, 0.15) is 0 Å². The highest BCUT2D eigenvalue weighted by Crippen LogP contribution is 2.26. The topological polar surface area (TPSA) is 41.6 Å². The van der Waals surface area contributed by atoms with Crippen LogP contribution in [0.4, 0.5) is 0 Å². The van der Waals surface area contributed by atoms with Crippen molar-refractivity contribution in [2.75, 3.05) is 0 Å². The van der Waals surface area contributed by atoms with E-state index < -0.39 is 0 Å². The van der Waals surface area contributed by atoms with E-state index in [0.717, 1.165) is 22.6 Å². The molecule has 3 heteroatoms. The fourth-order valence-electron chi connectivity index (χ4n) is 1.82. The molecule has 0 aliphatic heterocycles. The van der Waals surface area contributed by atoms with E-state index in [1.807, 2.05) is 48.5 Å². The Morgan fingerprint density at radius 1 is 0.824 bits per heavy atom. The second-order valence-electron chi connectivity index (χ2n) is 3.71. The molecule has 0 saturated heterocycles. The van der Waals surface area contributed by atoms with E-state index in [-0.39, 0.29) is 0 Å². The van der Waals surface area contributed by atoms with Crippen molar-refractivity contribution in [2.45, 2.75) is 0 Å². The van der Waals surface area contributed by atoms with E-state index in [9.17, 15) is 0 Å². The maximum absolute atomic E-state index is 4.37. The number of nitrogens with one attached hydrogen (secondary N) is 1. The lowest BCUT2D eigenvalue weighted by atomic mass is 10.1. The van der Waals surface area contributed by atoms with Gasteiger partial charge < -0.3 is 4.98 Å². The monoisotopic (exact) mass is 221 g/mol. The average Bonchev–Trinajstić information content (AvgIpc) is 2.90. The first-order chi connectivity index (χ1) is 8.45. The van der Waals surface area contributed by atoms with Crippen molar-refractivity contribution < 1.29 is 0 Å². The highest BCUT2D eigenvalue weighted by atomic mass is 14.9. The van der Waals surface area contributed by atoms with Gasteiger partial charge in [-0.15, -0.1) is 0 Å². The van der Waals surface area contributed by atoms with Crippen LogP contribution in [0.2, 0.25) is 0 Å². The predicted molar refractivity (Wildman–Crippen MR) is 67.3 cm³/mol. The largest absolute Gasteiger partial charge is 0.343 e. The van der Waals surface area contributed by atoms with Gasteiger partial charge in [0.1, 0.15) is 0 Å². The molecule has 0 amide bonds. The number of aromatic nitrogens is 3. The van der Waals surface area contributed by atoms with Crippen molar-refractivity contribution in [3.8, 4) is 22.6 Å². The molecular weight excluding hydrogens is 210 g/mol. The van der Waals surface area contributed by atoms with Crippen molar-refractivity contribution in [2.24, 2.45) is 0 Å². The Labute approximate surface area is 99.2 Å². The molecule has 0 atom stereocenters. The summed E-state index contributed by atoms with van der Waals surface area (Å²) >= 11 is 0. The van der Waals surface area contributed by atoms with Crippen molar-refractivity contribution in [3.05, 3.63) is 61.1 Å². The maximum atomic E-state index is 4.37. The zero-order chi connectivity index (χ0) is 11.5. The zero-order valence-electron chi connectivity index (χ0n) is 9.17. The van der Waals surface area contributed by atoms with Crippen molar-refractivity contribution in [1.29, 1.82) is 0 Å². The van der Waals surface area contributed by atoms with E-state index in [1.54, 1.807) is 12.5 Å². The number of hydrogen-bond acceptors (Lipinski definition) is 2. The summed E-state index contributed by atoms with van der Waals surface area (Å²) in [5, 5.41) is 0. The van der Waals surface area contributed by atoms with Crippen LogP contribution in [0.25, 0.3) is 22.6 Å². The molecule has 0 fully saturated rings. The molecule has 2 aromatic heterocycles. The van der Waals surface area contributed by atoms with E-state index in [4.69, 9.17) is 0 Å². The second kappa shape index (κ2) is 4.22. The Balaban J connectivity index is 2.13. The second-order valence-corrected chi connectivity index (χ2v) is 3.71. The fourth-order valence-corrected chi connectivity index (χ4v) is 1.82. The number of rotatable bonds is 2. The van der Waals surface area contributed by atoms with Gasteiger partial charge in [-0.05, 0) is 12.1 Å². The van der Waals surface area contributed by atoms with Gasteiger partial charge in [0, 0.05) is 11.8 Å². The van der Waals surface area contributed by atoms with Gasteiger partial charge in [0.15, 0.2) is 0 Å². The molecule has 0 radical (unpaired) electrons. The summed E-state index contributed by atoms with van der Waals surface area (Å²) in [7, 11) is 0. The van der Waals surface area contributed by atoms with Gasteiger partial charge >= 0.3 is 0 Å². The van der Waals surface area contributed by atoms with Crippen molar-refractivity contribution >= 4 is 0 Å². The molecule has 0 spiro atoms. The van der Waals surface area contributed by atoms with Gasteiger partial charge in [-0.25, -0.2) is 4.98 Å². The summed E-state index contributed by atoms with van der Waals surface area (Å²) in [4.78, 5) is 11.9. The molecule has 3 aromatic rings. The first-order valence-corrected chi connectivity index (χ1v) is 5.45. The maximum Gasteiger partial charge on any atom is 0.0977 e. The van der Waals surface area contributed by atoms with Crippen molar-refractivity contribution in [3.63, 3.8) is 0 Å². The number of pyridine rings is 1. The standard InChI is InChI=1S/C14H11N3/c1-2-6-11(7-3-1)13-14(17-10-16-13)12-8-4-5-9-15-12/h1-10H,(H,16,17). The van der Waals surface area contributed by atoms with Crippen LogP contribution in [0, 0.1) is 0 Å². The van der Waals surface area contributed by atoms with E-state index in [2.05, 4.69) is 15.0 Å². The zero-order valence-corrected chi connectivity index (χ0v) is 9.17. The quantitative estimate of drug-likeness (QED) is 0.722. The number of benzene rings is 1. The lowest BCUT2D eigenvalue weighted by molar-refractivity contribution is 1.27. The minimum Gasteiger partial charge on any atom is -0.343 e. The molecule has 3 rings (SSSR count). The van der Waals surface area contributed by atoms with Crippen LogP contribution in [0.15, 0.2) is 61.1 Å². The summed E-state index contributed by atoms with van der Waals surface area (Å²) in [6, 6.07) is 15.9. The molecule has 1 N–H and O–H groups in total. The summed E-state index contributed by atoms with van der Waals surface area (Å²) in [5.41, 5.74) is 3.89. The Bertz CT molecular complexity index is 546. The first-order valence-electron chi connectivity index (χ1n) is 5.45. The Hall–Kier alpha value is -2.42. The number of imidazole rings is 1. The fraction of sp³-hybridized carbons (Fsp3) is 0. The number of H-pyrrole nitrogens is 1. The third kappa shape index (κ3) is 1.83. The third-order valence-electron chi connectivity index (χ3n) is 2.61. The van der Waals surface area contributed by atoms with Crippen LogP contribution < -0.4 is 0 Å². The van der Waals surface area contributed by atoms with Gasteiger partial charge in [0.25, 0.3) is 0 Å². The lowest BCUT2D eigenvalue weighted by Gasteiger charge is -2.01. The first kappa shape index (κ1) is 9.78. The third-order valence-corrected chi connectivity index (χ3v) is 2.61. The van der Waals surface area contributed by atoms with E-state index in [1.165, 1.54) is 0 Å². The summed E-state index contributed by atoms with van der Waals surface area (Å²) in [6.07, 6.45) is 3.48. The minimum atomic E-state index is 0.906. The normalized spacial score (nSPS) is 10.4. The molecule has 0 aliphatic rings. The SMILES string of the molecule is c1ccc(-c2nc[nH]c2-c2ccccn2)cc1. The van der Waals surface area contributed by atoms with Gasteiger partial charge in [0.2, 0.25) is 0 Å². The molecule has 82 valence electrons. The highest BCUT2D eigenvalue weighted by Gasteiger charge is 2.10. The average molecular weight is 221 g/mol. The summed E-state index contributed by atoms with van der Waals surface area (Å²) in [5.74, 6) is 0. The molecule has 0 aliphatic carbocycles. The molecule has 0 bridgehead atoms. The number of aromatic amines is 1. The molecule has 0 unspecified atom stereocenters. The summed E-state index contributed by atoms with van der Waals surface area (Å²) < 4.78 is 0. The van der Waals surface area contributed by atoms with Crippen LogP contribution in [-0.2, 0) is 0 Å². The van der Waals surface area contributed by atoms with Crippen LogP contribution >= 0.6 is 0 Å². The van der Waals surface area contributed by atoms with Crippen molar-refractivity contribution in [1.82, 2.24) is 15.0 Å². The Kier molecular flexibility index (Phi) is 2.43. The molecule has 17 heavy (non-hydrogen) atoms.